The average Bonchev–Trinajstić information content (AvgIpc) is 3.04. The molecule has 0 spiro atoms. The van der Waals surface area contributed by atoms with Crippen LogP contribution in [0.25, 0.3) is 11.0 Å². The summed E-state index contributed by atoms with van der Waals surface area (Å²) >= 11 is 0. The highest BCUT2D eigenvalue weighted by Gasteiger charge is 2.31. The zero-order chi connectivity index (χ0) is 14.1. The Labute approximate surface area is 118 Å². The Morgan fingerprint density at radius 3 is 2.90 bits per heavy atom. The molecule has 3 rings (SSSR count). The van der Waals surface area contributed by atoms with Crippen molar-refractivity contribution in [1.82, 2.24) is 5.32 Å². The Balaban J connectivity index is 1.72. The molecule has 1 saturated carbocycles. The third kappa shape index (κ3) is 2.43. The lowest BCUT2D eigenvalue weighted by molar-refractivity contribution is -0.125. The molecule has 1 aromatic carbocycles. The van der Waals surface area contributed by atoms with E-state index >= 15 is 0 Å². The van der Waals surface area contributed by atoms with Crippen LogP contribution in [0, 0.1) is 5.92 Å². The lowest BCUT2D eigenvalue weighted by Gasteiger charge is -2.18. The van der Waals surface area contributed by atoms with Crippen LogP contribution in [-0.4, -0.2) is 11.9 Å². The van der Waals surface area contributed by atoms with E-state index in [-0.39, 0.29) is 23.9 Å². The second-order valence-corrected chi connectivity index (χ2v) is 5.62. The van der Waals surface area contributed by atoms with Crippen LogP contribution in [0.15, 0.2) is 34.7 Å². The normalized spacial score (nSPS) is 23.9. The van der Waals surface area contributed by atoms with Crippen LogP contribution in [0.3, 0.4) is 0 Å². The molecule has 1 aliphatic carbocycles. The van der Waals surface area contributed by atoms with E-state index in [9.17, 15) is 4.79 Å². The molecule has 0 bridgehead atoms. The van der Waals surface area contributed by atoms with Gasteiger partial charge in [0, 0.05) is 11.4 Å². The van der Waals surface area contributed by atoms with Crippen LogP contribution in [0.2, 0.25) is 0 Å². The SMILES string of the molecule is CC(NC(=O)C1CCCC1N)c1cc2ccccc2o1. The molecule has 3 atom stereocenters. The predicted octanol–water partition coefficient (Wildman–Crippen LogP) is 2.74. The minimum Gasteiger partial charge on any atom is -0.459 e. The number of carbonyl (C=O) groups is 1. The summed E-state index contributed by atoms with van der Waals surface area (Å²) in [7, 11) is 0. The number of hydrogen-bond donors (Lipinski definition) is 2. The van der Waals surface area contributed by atoms with E-state index < -0.39 is 0 Å². The van der Waals surface area contributed by atoms with Crippen LogP contribution >= 0.6 is 0 Å². The van der Waals surface area contributed by atoms with Gasteiger partial charge in [-0.1, -0.05) is 24.6 Å². The average molecular weight is 272 g/mol. The Morgan fingerprint density at radius 1 is 1.40 bits per heavy atom. The van der Waals surface area contributed by atoms with Crippen molar-refractivity contribution >= 4 is 16.9 Å². The molecule has 1 heterocycles. The molecule has 4 nitrogen and oxygen atoms in total. The molecule has 2 aromatic rings. The van der Waals surface area contributed by atoms with E-state index in [0.717, 1.165) is 36.0 Å². The van der Waals surface area contributed by atoms with Crippen molar-refractivity contribution in [3.8, 4) is 0 Å². The predicted molar refractivity (Wildman–Crippen MR) is 78.1 cm³/mol. The molecule has 106 valence electrons. The zero-order valence-corrected chi connectivity index (χ0v) is 11.6. The van der Waals surface area contributed by atoms with Gasteiger partial charge in [-0.25, -0.2) is 0 Å². The van der Waals surface area contributed by atoms with Crippen LogP contribution in [-0.2, 0) is 4.79 Å². The summed E-state index contributed by atoms with van der Waals surface area (Å²) in [4.78, 5) is 12.2. The molecular weight excluding hydrogens is 252 g/mol. The summed E-state index contributed by atoms with van der Waals surface area (Å²) < 4.78 is 5.77. The van der Waals surface area contributed by atoms with Crippen LogP contribution in [0.5, 0.6) is 0 Å². The first-order chi connectivity index (χ1) is 9.65. The van der Waals surface area contributed by atoms with Crippen LogP contribution in [0.1, 0.15) is 38.0 Å². The highest BCUT2D eigenvalue weighted by molar-refractivity contribution is 5.81. The molecule has 0 radical (unpaired) electrons. The lowest BCUT2D eigenvalue weighted by Crippen LogP contribution is -2.39. The topological polar surface area (TPSA) is 68.3 Å². The number of benzene rings is 1. The number of fused-ring (bicyclic) bond motifs is 1. The summed E-state index contributed by atoms with van der Waals surface area (Å²) in [5, 5.41) is 4.07. The Morgan fingerprint density at radius 2 is 2.20 bits per heavy atom. The van der Waals surface area contributed by atoms with E-state index in [2.05, 4.69) is 5.32 Å². The number of hydrogen-bond acceptors (Lipinski definition) is 3. The van der Waals surface area contributed by atoms with Gasteiger partial charge in [-0.3, -0.25) is 4.79 Å². The summed E-state index contributed by atoms with van der Waals surface area (Å²) in [5.74, 6) is 0.774. The van der Waals surface area contributed by atoms with Crippen molar-refractivity contribution < 1.29 is 9.21 Å². The van der Waals surface area contributed by atoms with Crippen molar-refractivity contribution in [3.63, 3.8) is 0 Å². The Hall–Kier alpha value is -1.81. The minimum atomic E-state index is -0.136. The van der Waals surface area contributed by atoms with Crippen molar-refractivity contribution in [1.29, 1.82) is 0 Å². The number of furan rings is 1. The maximum absolute atomic E-state index is 12.2. The minimum absolute atomic E-state index is 0.00197. The van der Waals surface area contributed by atoms with Crippen LogP contribution < -0.4 is 11.1 Å². The molecule has 0 aliphatic heterocycles. The second kappa shape index (κ2) is 5.29. The third-order valence-electron chi connectivity index (χ3n) is 4.14. The maximum Gasteiger partial charge on any atom is 0.225 e. The summed E-state index contributed by atoms with van der Waals surface area (Å²) in [6.45, 7) is 1.94. The molecular formula is C16H20N2O2. The van der Waals surface area contributed by atoms with Gasteiger partial charge in [-0.05, 0) is 31.9 Å². The maximum atomic E-state index is 12.2. The van der Waals surface area contributed by atoms with Crippen molar-refractivity contribution in [2.45, 2.75) is 38.3 Å². The van der Waals surface area contributed by atoms with Gasteiger partial charge in [0.15, 0.2) is 0 Å². The molecule has 0 saturated heterocycles. The fourth-order valence-electron chi connectivity index (χ4n) is 2.92. The van der Waals surface area contributed by atoms with E-state index in [0.29, 0.717) is 0 Å². The van der Waals surface area contributed by atoms with E-state index in [1.54, 1.807) is 0 Å². The Kier molecular flexibility index (Phi) is 3.49. The highest BCUT2D eigenvalue weighted by atomic mass is 16.3. The van der Waals surface area contributed by atoms with Gasteiger partial charge in [-0.15, -0.1) is 0 Å². The fraction of sp³-hybridized carbons (Fsp3) is 0.438. The van der Waals surface area contributed by atoms with E-state index in [1.165, 1.54) is 0 Å². The van der Waals surface area contributed by atoms with Gasteiger partial charge in [0.05, 0.1) is 12.0 Å². The highest BCUT2D eigenvalue weighted by Crippen LogP contribution is 2.27. The lowest BCUT2D eigenvalue weighted by atomic mass is 10.0. The number of nitrogens with two attached hydrogens (primary N) is 1. The first-order valence-corrected chi connectivity index (χ1v) is 7.19. The Bertz CT molecular complexity index is 587. The first kappa shape index (κ1) is 13.2. The van der Waals surface area contributed by atoms with Gasteiger partial charge in [0.2, 0.25) is 5.91 Å². The number of rotatable bonds is 3. The van der Waals surface area contributed by atoms with Crippen molar-refractivity contribution in [2.75, 3.05) is 0 Å². The largest absolute Gasteiger partial charge is 0.459 e. The smallest absolute Gasteiger partial charge is 0.225 e. The molecule has 3 unspecified atom stereocenters. The molecule has 3 N–H and O–H groups in total. The molecule has 1 fully saturated rings. The number of amides is 1. The van der Waals surface area contributed by atoms with E-state index in [4.69, 9.17) is 10.2 Å². The first-order valence-electron chi connectivity index (χ1n) is 7.19. The van der Waals surface area contributed by atoms with Gasteiger partial charge in [-0.2, -0.15) is 0 Å². The van der Waals surface area contributed by atoms with Crippen molar-refractivity contribution in [2.24, 2.45) is 11.7 Å². The van der Waals surface area contributed by atoms with Gasteiger partial charge < -0.3 is 15.5 Å². The fourth-order valence-corrected chi connectivity index (χ4v) is 2.92. The molecule has 20 heavy (non-hydrogen) atoms. The van der Waals surface area contributed by atoms with E-state index in [1.807, 2.05) is 37.3 Å². The quantitative estimate of drug-likeness (QED) is 0.902. The van der Waals surface area contributed by atoms with Gasteiger partial charge in [0.1, 0.15) is 11.3 Å². The van der Waals surface area contributed by atoms with Gasteiger partial charge >= 0.3 is 0 Å². The monoisotopic (exact) mass is 272 g/mol. The molecule has 1 amide bonds. The summed E-state index contributed by atoms with van der Waals surface area (Å²) in [6.07, 6.45) is 2.87. The second-order valence-electron chi connectivity index (χ2n) is 5.62. The number of carbonyl (C=O) groups excluding carboxylic acids is 1. The van der Waals surface area contributed by atoms with Crippen molar-refractivity contribution in [3.05, 3.63) is 36.1 Å². The summed E-state index contributed by atoms with van der Waals surface area (Å²) in [5.41, 5.74) is 6.82. The molecule has 1 aromatic heterocycles. The molecule has 1 aliphatic rings. The van der Waals surface area contributed by atoms with Gasteiger partial charge in [0.25, 0.3) is 0 Å². The summed E-state index contributed by atoms with van der Waals surface area (Å²) in [6, 6.07) is 9.69. The number of nitrogens with one attached hydrogen (secondary N) is 1. The molecule has 4 heteroatoms. The van der Waals surface area contributed by atoms with Crippen LogP contribution in [0.4, 0.5) is 0 Å². The number of para-hydroxylation sites is 1. The zero-order valence-electron chi connectivity index (χ0n) is 11.6. The third-order valence-corrected chi connectivity index (χ3v) is 4.14. The standard InChI is InChI=1S/C16H20N2O2/c1-10(18-16(19)12-6-4-7-13(12)17)15-9-11-5-2-3-8-14(11)20-15/h2-3,5,8-10,12-13H,4,6-7,17H2,1H3,(H,18,19).